The van der Waals surface area contributed by atoms with Gasteiger partial charge in [-0.3, -0.25) is 14.4 Å². The fourth-order valence-corrected chi connectivity index (χ4v) is 2.55. The molecule has 1 aromatic rings. The molecule has 0 saturated carbocycles. The first kappa shape index (κ1) is 18.6. The minimum atomic E-state index is -0.768. The number of aryl methyl sites for hydroxylation is 2. The SMILES string of the molecule is C/C(CC(=O)Nc1ccc(C)c(C)c1)=N\NC(=O)C(=O)N1CCCC1. The average Bonchev–Trinajstić information content (AvgIpc) is 3.09. The lowest BCUT2D eigenvalue weighted by Crippen LogP contribution is -2.40. The molecule has 0 aliphatic carbocycles. The molecule has 0 bridgehead atoms. The summed E-state index contributed by atoms with van der Waals surface area (Å²) in [6, 6.07) is 5.68. The van der Waals surface area contributed by atoms with E-state index in [2.05, 4.69) is 15.8 Å². The van der Waals surface area contributed by atoms with Crippen LogP contribution in [-0.2, 0) is 14.4 Å². The van der Waals surface area contributed by atoms with Crippen LogP contribution < -0.4 is 10.7 Å². The van der Waals surface area contributed by atoms with Crippen molar-refractivity contribution in [3.8, 4) is 0 Å². The third-order valence-electron chi connectivity index (χ3n) is 4.14. The van der Waals surface area contributed by atoms with Gasteiger partial charge in [-0.1, -0.05) is 6.07 Å². The third-order valence-corrected chi connectivity index (χ3v) is 4.14. The molecule has 0 aromatic heterocycles. The van der Waals surface area contributed by atoms with Gasteiger partial charge in [-0.2, -0.15) is 5.10 Å². The molecule has 0 radical (unpaired) electrons. The zero-order valence-electron chi connectivity index (χ0n) is 14.9. The van der Waals surface area contributed by atoms with Gasteiger partial charge in [0, 0.05) is 24.5 Å². The van der Waals surface area contributed by atoms with E-state index in [1.807, 2.05) is 32.0 Å². The summed E-state index contributed by atoms with van der Waals surface area (Å²) in [5.41, 5.74) is 5.61. The molecular weight excluding hydrogens is 320 g/mol. The van der Waals surface area contributed by atoms with Gasteiger partial charge in [-0.25, -0.2) is 5.43 Å². The van der Waals surface area contributed by atoms with Crippen molar-refractivity contribution >= 4 is 29.1 Å². The van der Waals surface area contributed by atoms with E-state index in [0.717, 1.165) is 24.0 Å². The Morgan fingerprint density at radius 1 is 1.12 bits per heavy atom. The van der Waals surface area contributed by atoms with E-state index in [0.29, 0.717) is 24.5 Å². The second kappa shape index (κ2) is 8.41. The number of nitrogens with zero attached hydrogens (tertiary/aromatic N) is 2. The molecule has 134 valence electrons. The number of rotatable bonds is 4. The van der Waals surface area contributed by atoms with Gasteiger partial charge < -0.3 is 10.2 Å². The van der Waals surface area contributed by atoms with Gasteiger partial charge in [-0.05, 0) is 56.9 Å². The summed E-state index contributed by atoms with van der Waals surface area (Å²) in [6.07, 6.45) is 1.87. The zero-order valence-corrected chi connectivity index (χ0v) is 14.9. The van der Waals surface area contributed by atoms with Crippen LogP contribution in [-0.4, -0.2) is 41.4 Å². The monoisotopic (exact) mass is 344 g/mol. The number of nitrogens with one attached hydrogen (secondary N) is 2. The molecule has 1 aromatic carbocycles. The second-order valence-electron chi connectivity index (χ2n) is 6.31. The molecule has 7 nitrogen and oxygen atoms in total. The highest BCUT2D eigenvalue weighted by molar-refractivity contribution is 6.35. The van der Waals surface area contributed by atoms with Crippen LogP contribution in [0.15, 0.2) is 23.3 Å². The normalized spacial score (nSPS) is 14.4. The summed E-state index contributed by atoms with van der Waals surface area (Å²) in [4.78, 5) is 37.2. The highest BCUT2D eigenvalue weighted by Gasteiger charge is 2.24. The molecule has 1 fully saturated rings. The Bertz CT molecular complexity index is 706. The lowest BCUT2D eigenvalue weighted by Gasteiger charge is -2.13. The number of amides is 3. The molecule has 7 heteroatoms. The Morgan fingerprint density at radius 3 is 2.44 bits per heavy atom. The van der Waals surface area contributed by atoms with E-state index in [9.17, 15) is 14.4 Å². The minimum Gasteiger partial charge on any atom is -0.334 e. The largest absolute Gasteiger partial charge is 0.334 e. The van der Waals surface area contributed by atoms with Gasteiger partial charge in [-0.15, -0.1) is 0 Å². The summed E-state index contributed by atoms with van der Waals surface area (Å²) >= 11 is 0. The number of benzene rings is 1. The van der Waals surface area contributed by atoms with Crippen molar-refractivity contribution in [3.05, 3.63) is 29.3 Å². The molecule has 1 aliphatic heterocycles. The van der Waals surface area contributed by atoms with E-state index in [1.54, 1.807) is 6.92 Å². The Morgan fingerprint density at radius 2 is 1.80 bits per heavy atom. The van der Waals surface area contributed by atoms with Crippen molar-refractivity contribution in [2.24, 2.45) is 5.10 Å². The van der Waals surface area contributed by atoms with Gasteiger partial charge in [0.15, 0.2) is 0 Å². The summed E-state index contributed by atoms with van der Waals surface area (Å²) in [5.74, 6) is -1.57. The summed E-state index contributed by atoms with van der Waals surface area (Å²) in [7, 11) is 0. The molecular formula is C18H24N4O3. The first-order valence-corrected chi connectivity index (χ1v) is 8.36. The number of hydrogen-bond donors (Lipinski definition) is 2. The maximum atomic E-state index is 12.0. The predicted molar refractivity (Wildman–Crippen MR) is 96.2 cm³/mol. The van der Waals surface area contributed by atoms with Crippen molar-refractivity contribution in [3.63, 3.8) is 0 Å². The third kappa shape index (κ3) is 5.41. The molecule has 2 N–H and O–H groups in total. The van der Waals surface area contributed by atoms with Crippen molar-refractivity contribution < 1.29 is 14.4 Å². The van der Waals surface area contributed by atoms with Crippen LogP contribution in [0.2, 0.25) is 0 Å². The molecule has 3 amide bonds. The Balaban J connectivity index is 1.83. The Kier molecular flexibility index (Phi) is 6.27. The lowest BCUT2D eigenvalue weighted by atomic mass is 10.1. The quantitative estimate of drug-likeness (QED) is 0.495. The Hall–Kier alpha value is -2.70. The molecule has 0 unspecified atom stereocenters. The number of hydrazone groups is 1. The second-order valence-corrected chi connectivity index (χ2v) is 6.31. The fraction of sp³-hybridized carbons (Fsp3) is 0.444. The highest BCUT2D eigenvalue weighted by Crippen LogP contribution is 2.14. The molecule has 0 atom stereocenters. The smallest absolute Gasteiger partial charge is 0.329 e. The highest BCUT2D eigenvalue weighted by atomic mass is 16.2. The lowest BCUT2D eigenvalue weighted by molar-refractivity contribution is -0.145. The summed E-state index contributed by atoms with van der Waals surface area (Å²) in [5, 5.41) is 6.63. The van der Waals surface area contributed by atoms with Crippen LogP contribution in [0.5, 0.6) is 0 Å². The summed E-state index contributed by atoms with van der Waals surface area (Å²) < 4.78 is 0. The molecule has 2 rings (SSSR count). The van der Waals surface area contributed by atoms with Gasteiger partial charge in [0.2, 0.25) is 5.91 Å². The Labute approximate surface area is 147 Å². The molecule has 0 spiro atoms. The van der Waals surface area contributed by atoms with E-state index in [4.69, 9.17) is 0 Å². The van der Waals surface area contributed by atoms with Crippen molar-refractivity contribution in [1.29, 1.82) is 0 Å². The van der Waals surface area contributed by atoms with Crippen LogP contribution in [0.3, 0.4) is 0 Å². The fourth-order valence-electron chi connectivity index (χ4n) is 2.55. The number of likely N-dealkylation sites (tertiary alicyclic amines) is 1. The first-order valence-electron chi connectivity index (χ1n) is 8.36. The average molecular weight is 344 g/mol. The van der Waals surface area contributed by atoms with E-state index < -0.39 is 11.8 Å². The van der Waals surface area contributed by atoms with Gasteiger partial charge in [0.25, 0.3) is 0 Å². The number of hydrogen-bond acceptors (Lipinski definition) is 4. The maximum Gasteiger partial charge on any atom is 0.329 e. The molecule has 1 aliphatic rings. The number of carbonyl (C=O) groups is 3. The van der Waals surface area contributed by atoms with Crippen LogP contribution in [0.25, 0.3) is 0 Å². The number of carbonyl (C=O) groups excluding carboxylic acids is 3. The number of anilines is 1. The van der Waals surface area contributed by atoms with Crippen molar-refractivity contribution in [1.82, 2.24) is 10.3 Å². The molecule has 1 saturated heterocycles. The zero-order chi connectivity index (χ0) is 18.4. The van der Waals surface area contributed by atoms with E-state index in [1.165, 1.54) is 4.90 Å². The van der Waals surface area contributed by atoms with Crippen LogP contribution in [0.1, 0.15) is 37.3 Å². The van der Waals surface area contributed by atoms with Crippen LogP contribution in [0, 0.1) is 13.8 Å². The van der Waals surface area contributed by atoms with Crippen LogP contribution >= 0.6 is 0 Å². The summed E-state index contributed by atoms with van der Waals surface area (Å²) in [6.45, 7) is 6.82. The van der Waals surface area contributed by atoms with Gasteiger partial charge in [0.1, 0.15) is 0 Å². The predicted octanol–water partition coefficient (Wildman–Crippen LogP) is 1.75. The first-order chi connectivity index (χ1) is 11.9. The van der Waals surface area contributed by atoms with Crippen LogP contribution in [0.4, 0.5) is 5.69 Å². The molecule has 1 heterocycles. The maximum absolute atomic E-state index is 12.0. The standard InChI is InChI=1S/C18H24N4O3/c1-12-6-7-15(10-13(12)2)19-16(23)11-14(3)20-21-17(24)18(25)22-8-4-5-9-22/h6-7,10H,4-5,8-9,11H2,1-3H3,(H,19,23)(H,21,24)/b20-14+. The van der Waals surface area contributed by atoms with Crippen molar-refractivity contribution in [2.75, 3.05) is 18.4 Å². The van der Waals surface area contributed by atoms with Gasteiger partial charge in [0.05, 0.1) is 6.42 Å². The van der Waals surface area contributed by atoms with E-state index >= 15 is 0 Å². The molecule has 25 heavy (non-hydrogen) atoms. The van der Waals surface area contributed by atoms with Crippen molar-refractivity contribution in [2.45, 2.75) is 40.0 Å². The van der Waals surface area contributed by atoms with E-state index in [-0.39, 0.29) is 12.3 Å². The van der Waals surface area contributed by atoms with Gasteiger partial charge >= 0.3 is 11.8 Å². The minimum absolute atomic E-state index is 0.0328. The topological polar surface area (TPSA) is 90.9 Å².